The molecule has 0 aromatic carbocycles. The lowest BCUT2D eigenvalue weighted by atomic mass is 9.82. The summed E-state index contributed by atoms with van der Waals surface area (Å²) in [5, 5.41) is 12.2. The average molecular weight is 301 g/mol. The summed E-state index contributed by atoms with van der Waals surface area (Å²) in [7, 11) is 0. The van der Waals surface area contributed by atoms with Crippen molar-refractivity contribution in [1.82, 2.24) is 5.32 Å². The first-order valence-electron chi connectivity index (χ1n) is 7.78. The van der Waals surface area contributed by atoms with Crippen LogP contribution in [0.4, 0.5) is 8.78 Å². The summed E-state index contributed by atoms with van der Waals surface area (Å²) < 4.78 is 26.3. The van der Waals surface area contributed by atoms with Gasteiger partial charge in [0.1, 0.15) is 0 Å². The fraction of sp³-hybridized carbons (Fsp3) is 0.867. The molecule has 21 heavy (non-hydrogen) atoms. The Kier molecular flexibility index (Phi) is 3.66. The fourth-order valence-corrected chi connectivity index (χ4v) is 4.44. The van der Waals surface area contributed by atoms with Gasteiger partial charge in [0.05, 0.1) is 5.92 Å². The maximum absolute atomic E-state index is 13.1. The number of fused-ring (bicyclic) bond motifs is 2. The van der Waals surface area contributed by atoms with Crippen LogP contribution in [0.3, 0.4) is 0 Å². The molecule has 0 saturated heterocycles. The van der Waals surface area contributed by atoms with E-state index in [1.165, 1.54) is 0 Å². The van der Waals surface area contributed by atoms with Crippen LogP contribution < -0.4 is 5.32 Å². The predicted molar refractivity (Wildman–Crippen MR) is 70.8 cm³/mol. The van der Waals surface area contributed by atoms with E-state index in [0.29, 0.717) is 0 Å². The minimum atomic E-state index is -2.65. The van der Waals surface area contributed by atoms with Crippen molar-refractivity contribution in [3.05, 3.63) is 0 Å². The second-order valence-electron chi connectivity index (χ2n) is 6.86. The molecule has 0 heterocycles. The molecule has 4 unspecified atom stereocenters. The minimum absolute atomic E-state index is 0.161. The first-order chi connectivity index (χ1) is 9.87. The molecular weight excluding hydrogens is 280 g/mol. The molecule has 3 saturated carbocycles. The van der Waals surface area contributed by atoms with Crippen LogP contribution in [-0.2, 0) is 9.59 Å². The van der Waals surface area contributed by atoms with E-state index >= 15 is 0 Å². The summed E-state index contributed by atoms with van der Waals surface area (Å²) in [4.78, 5) is 23.7. The number of nitrogens with one attached hydrogen (secondary N) is 1. The first kappa shape index (κ1) is 14.7. The Morgan fingerprint density at radius 3 is 2.29 bits per heavy atom. The zero-order chi connectivity index (χ0) is 15.2. The highest BCUT2D eigenvalue weighted by Gasteiger charge is 2.52. The van der Waals surface area contributed by atoms with Crippen LogP contribution in [-0.4, -0.2) is 28.9 Å². The number of rotatable bonds is 3. The summed E-state index contributed by atoms with van der Waals surface area (Å²) in [5.74, 6) is -4.21. The molecule has 4 nitrogen and oxygen atoms in total. The highest BCUT2D eigenvalue weighted by Crippen LogP contribution is 2.48. The van der Waals surface area contributed by atoms with Crippen LogP contribution in [0.25, 0.3) is 0 Å². The second-order valence-corrected chi connectivity index (χ2v) is 6.86. The van der Waals surface area contributed by atoms with Gasteiger partial charge in [-0.3, -0.25) is 9.59 Å². The van der Waals surface area contributed by atoms with Gasteiger partial charge in [-0.25, -0.2) is 8.78 Å². The summed E-state index contributed by atoms with van der Waals surface area (Å²) in [6.07, 6.45) is 2.64. The Hall–Kier alpha value is -1.20. The predicted octanol–water partition coefficient (Wildman–Crippen LogP) is 2.43. The lowest BCUT2D eigenvalue weighted by Crippen LogP contribution is -2.49. The molecule has 3 rings (SSSR count). The molecule has 3 fully saturated rings. The molecule has 1 amide bonds. The van der Waals surface area contributed by atoms with Crippen molar-refractivity contribution in [2.45, 2.75) is 56.9 Å². The van der Waals surface area contributed by atoms with Gasteiger partial charge in [0, 0.05) is 24.8 Å². The van der Waals surface area contributed by atoms with Gasteiger partial charge >= 0.3 is 5.97 Å². The third-order valence-electron chi connectivity index (χ3n) is 5.60. The molecule has 4 atom stereocenters. The van der Waals surface area contributed by atoms with E-state index in [1.807, 2.05) is 0 Å². The van der Waals surface area contributed by atoms with Gasteiger partial charge in [0.25, 0.3) is 0 Å². The number of carbonyl (C=O) groups is 2. The summed E-state index contributed by atoms with van der Waals surface area (Å²) in [6, 6.07) is -0.309. The van der Waals surface area contributed by atoms with Gasteiger partial charge < -0.3 is 10.4 Å². The van der Waals surface area contributed by atoms with Gasteiger partial charge in [0.15, 0.2) is 0 Å². The van der Waals surface area contributed by atoms with Crippen LogP contribution in [0.5, 0.6) is 0 Å². The van der Waals surface area contributed by atoms with Crippen LogP contribution in [0, 0.1) is 23.7 Å². The van der Waals surface area contributed by atoms with Gasteiger partial charge in [-0.2, -0.15) is 0 Å². The highest BCUT2D eigenvalue weighted by atomic mass is 19.3. The Bertz CT molecular complexity index is 444. The average Bonchev–Trinajstić information content (AvgIpc) is 2.98. The van der Waals surface area contributed by atoms with E-state index < -0.39 is 23.7 Å². The molecule has 0 spiro atoms. The molecule has 6 heteroatoms. The number of hydrogen-bond donors (Lipinski definition) is 2. The number of hydrogen-bond acceptors (Lipinski definition) is 2. The lowest BCUT2D eigenvalue weighted by molar-refractivity contribution is -0.145. The van der Waals surface area contributed by atoms with E-state index in [2.05, 4.69) is 5.32 Å². The smallest absolute Gasteiger partial charge is 0.308 e. The number of carbonyl (C=O) groups excluding carboxylic acids is 1. The normalized spacial score (nSPS) is 38.4. The molecular formula is C15H21F2NO3. The maximum atomic E-state index is 13.1. The summed E-state index contributed by atoms with van der Waals surface area (Å²) in [6.45, 7) is 0. The highest BCUT2D eigenvalue weighted by molar-refractivity contribution is 5.81. The summed E-state index contributed by atoms with van der Waals surface area (Å²) in [5.41, 5.74) is 0. The van der Waals surface area contributed by atoms with Crippen molar-refractivity contribution in [1.29, 1.82) is 0 Å². The molecule has 3 aliphatic rings. The minimum Gasteiger partial charge on any atom is -0.481 e. The van der Waals surface area contributed by atoms with Crippen molar-refractivity contribution in [2.24, 2.45) is 23.7 Å². The Labute approximate surface area is 122 Å². The molecule has 0 radical (unpaired) electrons. The van der Waals surface area contributed by atoms with Crippen molar-refractivity contribution in [3.8, 4) is 0 Å². The molecule has 0 aliphatic heterocycles. The largest absolute Gasteiger partial charge is 0.481 e. The Morgan fingerprint density at radius 2 is 1.67 bits per heavy atom. The monoisotopic (exact) mass is 301 g/mol. The number of carboxylic acids is 1. The van der Waals surface area contributed by atoms with Gasteiger partial charge in [-0.15, -0.1) is 0 Å². The standard InChI is InChI=1S/C15H21F2NO3/c16-15(17)5-3-8(4-6-15)13(19)18-12-10-2-1-9(7-10)11(12)14(20)21/h8-12H,1-7H2,(H,18,19)(H,20,21). The third kappa shape index (κ3) is 2.77. The van der Waals surface area contributed by atoms with Gasteiger partial charge in [-0.05, 0) is 43.9 Å². The molecule has 118 valence electrons. The Balaban J connectivity index is 1.61. The fourth-order valence-electron chi connectivity index (χ4n) is 4.44. The van der Waals surface area contributed by atoms with Crippen LogP contribution >= 0.6 is 0 Å². The van der Waals surface area contributed by atoms with Gasteiger partial charge in [0.2, 0.25) is 11.8 Å². The summed E-state index contributed by atoms with van der Waals surface area (Å²) >= 11 is 0. The number of aliphatic carboxylic acids is 1. The number of alkyl halides is 2. The van der Waals surface area contributed by atoms with Crippen LogP contribution in [0.1, 0.15) is 44.9 Å². The molecule has 2 N–H and O–H groups in total. The van der Waals surface area contributed by atoms with Crippen LogP contribution in [0.15, 0.2) is 0 Å². The maximum Gasteiger partial charge on any atom is 0.308 e. The van der Waals surface area contributed by atoms with Crippen molar-refractivity contribution >= 4 is 11.9 Å². The SMILES string of the molecule is O=C(NC1C2CCC(C2)C1C(=O)O)C1CCC(F)(F)CC1. The van der Waals surface area contributed by atoms with E-state index in [0.717, 1.165) is 19.3 Å². The lowest BCUT2D eigenvalue weighted by Gasteiger charge is -2.32. The molecule has 0 aromatic rings. The third-order valence-corrected chi connectivity index (χ3v) is 5.60. The van der Waals surface area contributed by atoms with E-state index in [-0.39, 0.29) is 49.5 Å². The van der Waals surface area contributed by atoms with Crippen LogP contribution in [0.2, 0.25) is 0 Å². The molecule has 0 aromatic heterocycles. The van der Waals surface area contributed by atoms with Crippen molar-refractivity contribution in [3.63, 3.8) is 0 Å². The second kappa shape index (κ2) is 5.21. The molecule has 3 aliphatic carbocycles. The topological polar surface area (TPSA) is 66.4 Å². The number of halogens is 2. The molecule has 2 bridgehead atoms. The number of amides is 1. The quantitative estimate of drug-likeness (QED) is 0.841. The zero-order valence-corrected chi connectivity index (χ0v) is 11.9. The Morgan fingerprint density at radius 1 is 1.05 bits per heavy atom. The number of carboxylic acid groups (broad SMARTS) is 1. The van der Waals surface area contributed by atoms with E-state index in [9.17, 15) is 23.5 Å². The van der Waals surface area contributed by atoms with E-state index in [4.69, 9.17) is 0 Å². The zero-order valence-electron chi connectivity index (χ0n) is 11.9. The van der Waals surface area contributed by atoms with Crippen molar-refractivity contribution in [2.75, 3.05) is 0 Å². The van der Waals surface area contributed by atoms with Gasteiger partial charge in [-0.1, -0.05) is 0 Å². The first-order valence-corrected chi connectivity index (χ1v) is 7.78. The van der Waals surface area contributed by atoms with Crippen molar-refractivity contribution < 1.29 is 23.5 Å². The van der Waals surface area contributed by atoms with E-state index in [1.54, 1.807) is 0 Å².